The number of anilines is 1. The highest BCUT2D eigenvalue weighted by Crippen LogP contribution is 2.26. The molecule has 0 bridgehead atoms. The number of carbonyl (C=O) groups is 2. The number of hydrogen-bond donors (Lipinski definition) is 4. The molecule has 0 unspecified atom stereocenters. The van der Waals surface area contributed by atoms with Gasteiger partial charge in [-0.1, -0.05) is 24.0 Å². The number of hydrogen-bond acceptors (Lipinski definition) is 7. The van der Waals surface area contributed by atoms with E-state index in [-0.39, 0.29) is 24.2 Å². The zero-order chi connectivity index (χ0) is 21.8. The molecule has 0 saturated carbocycles. The van der Waals surface area contributed by atoms with E-state index < -0.39 is 11.3 Å². The average Bonchev–Trinajstić information content (AvgIpc) is 3.42. The zero-order valence-electron chi connectivity index (χ0n) is 16.9. The lowest BCUT2D eigenvalue weighted by molar-refractivity contribution is -0.126. The van der Waals surface area contributed by atoms with Crippen LogP contribution >= 0.6 is 0 Å². The van der Waals surface area contributed by atoms with Crippen molar-refractivity contribution in [2.24, 2.45) is 11.1 Å². The van der Waals surface area contributed by atoms with Gasteiger partial charge >= 0.3 is 0 Å². The van der Waals surface area contributed by atoms with Gasteiger partial charge in [0.25, 0.3) is 5.91 Å². The van der Waals surface area contributed by atoms with E-state index in [1.807, 2.05) is 0 Å². The van der Waals surface area contributed by atoms with Gasteiger partial charge in [-0.15, -0.1) is 0 Å². The molecule has 2 aliphatic rings. The zero-order valence-corrected chi connectivity index (χ0v) is 16.9. The van der Waals surface area contributed by atoms with Gasteiger partial charge in [-0.25, -0.2) is 9.97 Å². The molecule has 5 N–H and O–H groups in total. The molecule has 0 aliphatic carbocycles. The fourth-order valence-corrected chi connectivity index (χ4v) is 3.54. The number of aromatic nitrogens is 2. The Bertz CT molecular complexity index is 1070. The van der Waals surface area contributed by atoms with E-state index in [0.29, 0.717) is 48.9 Å². The maximum Gasteiger partial charge on any atom is 0.267 e. The quantitative estimate of drug-likeness (QED) is 0.509. The van der Waals surface area contributed by atoms with Crippen molar-refractivity contribution >= 4 is 17.6 Å². The molecular weight excluding hydrogens is 398 g/mol. The van der Waals surface area contributed by atoms with Gasteiger partial charge < -0.3 is 26.2 Å². The maximum atomic E-state index is 12.1. The van der Waals surface area contributed by atoms with E-state index >= 15 is 0 Å². The van der Waals surface area contributed by atoms with Crippen LogP contribution < -0.4 is 16.4 Å². The molecule has 0 radical (unpaired) electrons. The molecule has 2 atom stereocenters. The van der Waals surface area contributed by atoms with E-state index in [1.165, 1.54) is 6.07 Å². The van der Waals surface area contributed by atoms with Crippen LogP contribution in [0.25, 0.3) is 11.4 Å². The summed E-state index contributed by atoms with van der Waals surface area (Å²) < 4.78 is 5.37. The van der Waals surface area contributed by atoms with Crippen molar-refractivity contribution in [1.82, 2.24) is 15.3 Å². The van der Waals surface area contributed by atoms with Gasteiger partial charge in [0.1, 0.15) is 16.9 Å². The molecule has 2 amide bonds. The Balaban J connectivity index is 1.65. The second kappa shape index (κ2) is 8.71. The molecule has 3 heterocycles. The molecule has 2 aromatic rings. The van der Waals surface area contributed by atoms with Crippen molar-refractivity contribution < 1.29 is 19.4 Å². The minimum Gasteiger partial charge on any atom is -0.394 e. The third-order valence-electron chi connectivity index (χ3n) is 5.37. The van der Waals surface area contributed by atoms with Crippen LogP contribution in [0.5, 0.6) is 0 Å². The Kier molecular flexibility index (Phi) is 5.84. The van der Waals surface area contributed by atoms with E-state index in [1.54, 1.807) is 24.3 Å². The van der Waals surface area contributed by atoms with Crippen LogP contribution in [-0.4, -0.2) is 59.3 Å². The summed E-state index contributed by atoms with van der Waals surface area (Å²) in [4.78, 5) is 32.7. The van der Waals surface area contributed by atoms with Crippen LogP contribution in [0.1, 0.15) is 28.9 Å². The van der Waals surface area contributed by atoms with Crippen molar-refractivity contribution in [1.29, 1.82) is 0 Å². The number of primary amides is 1. The van der Waals surface area contributed by atoms with Gasteiger partial charge in [0.15, 0.2) is 5.82 Å². The van der Waals surface area contributed by atoms with Crippen molar-refractivity contribution in [2.45, 2.75) is 18.9 Å². The minimum atomic E-state index is -1.08. The second-order valence-electron chi connectivity index (χ2n) is 7.61. The predicted octanol–water partition coefficient (Wildman–Crippen LogP) is 0.293. The normalized spacial score (nSPS) is 22.5. The van der Waals surface area contributed by atoms with E-state index in [4.69, 9.17) is 10.5 Å². The largest absolute Gasteiger partial charge is 0.394 e. The van der Waals surface area contributed by atoms with Crippen LogP contribution in [0.2, 0.25) is 0 Å². The first-order valence-electron chi connectivity index (χ1n) is 10.0. The lowest BCUT2D eigenvalue weighted by atomic mass is 9.88. The SMILES string of the molecule is NC(=O)c1cc(N[C@H]2CCOC2)nc(-c2cccc(C#C[C@@]3(CO)CCNC3=O)c2)n1. The third kappa shape index (κ3) is 4.50. The van der Waals surface area contributed by atoms with Gasteiger partial charge in [-0.2, -0.15) is 0 Å². The summed E-state index contributed by atoms with van der Waals surface area (Å²) >= 11 is 0. The summed E-state index contributed by atoms with van der Waals surface area (Å²) in [7, 11) is 0. The van der Waals surface area contributed by atoms with Gasteiger partial charge in [-0.05, 0) is 25.0 Å². The first-order chi connectivity index (χ1) is 15.0. The van der Waals surface area contributed by atoms with Crippen molar-refractivity contribution in [3.8, 4) is 23.2 Å². The number of nitrogens with one attached hydrogen (secondary N) is 2. The lowest BCUT2D eigenvalue weighted by Gasteiger charge is -2.15. The molecule has 31 heavy (non-hydrogen) atoms. The third-order valence-corrected chi connectivity index (χ3v) is 5.37. The molecule has 1 aromatic carbocycles. The molecule has 160 valence electrons. The van der Waals surface area contributed by atoms with Crippen LogP contribution in [0.4, 0.5) is 5.82 Å². The van der Waals surface area contributed by atoms with Gasteiger partial charge in [0.2, 0.25) is 5.91 Å². The Morgan fingerprint density at radius 1 is 1.39 bits per heavy atom. The fourth-order valence-electron chi connectivity index (χ4n) is 3.54. The second-order valence-corrected chi connectivity index (χ2v) is 7.61. The summed E-state index contributed by atoms with van der Waals surface area (Å²) in [5.41, 5.74) is 5.76. The highest BCUT2D eigenvalue weighted by Gasteiger charge is 2.40. The molecule has 2 aliphatic heterocycles. The Morgan fingerprint density at radius 2 is 2.26 bits per heavy atom. The average molecular weight is 421 g/mol. The number of nitrogens with zero attached hydrogens (tertiary/aromatic N) is 2. The van der Waals surface area contributed by atoms with Gasteiger partial charge in [0, 0.05) is 30.3 Å². The molecular formula is C22H23N5O4. The lowest BCUT2D eigenvalue weighted by Crippen LogP contribution is -2.33. The molecule has 4 rings (SSSR count). The Labute approximate surface area is 179 Å². The van der Waals surface area contributed by atoms with E-state index in [9.17, 15) is 14.7 Å². The molecule has 9 nitrogen and oxygen atoms in total. The smallest absolute Gasteiger partial charge is 0.267 e. The number of amides is 2. The minimum absolute atomic E-state index is 0.102. The summed E-state index contributed by atoms with van der Waals surface area (Å²) in [6.07, 6.45) is 1.30. The standard InChI is InChI=1S/C22H23N5O4/c23-19(29)17-11-18(25-16-5-9-31-12-16)27-20(26-17)15-3-1-2-14(10-15)4-6-22(13-28)7-8-24-21(22)30/h1-3,10-11,16,28H,5,7-9,12-13H2,(H2,23,29)(H,24,30)(H,25,26,27)/t16-,22-/m0/s1. The summed E-state index contributed by atoms with van der Waals surface area (Å²) in [6, 6.07) is 8.79. The number of aliphatic hydroxyl groups excluding tert-OH is 1. The number of nitrogens with two attached hydrogens (primary N) is 1. The van der Waals surface area contributed by atoms with Crippen LogP contribution in [0.15, 0.2) is 30.3 Å². The fraction of sp³-hybridized carbons (Fsp3) is 0.364. The van der Waals surface area contributed by atoms with Crippen LogP contribution in [-0.2, 0) is 9.53 Å². The maximum absolute atomic E-state index is 12.1. The predicted molar refractivity (Wildman–Crippen MR) is 113 cm³/mol. The highest BCUT2D eigenvalue weighted by atomic mass is 16.5. The molecule has 9 heteroatoms. The monoisotopic (exact) mass is 421 g/mol. The summed E-state index contributed by atoms with van der Waals surface area (Å²) in [5, 5.41) is 15.6. The molecule has 2 saturated heterocycles. The topological polar surface area (TPSA) is 139 Å². The number of ether oxygens (including phenoxy) is 1. The van der Waals surface area contributed by atoms with E-state index in [0.717, 1.165) is 6.42 Å². The van der Waals surface area contributed by atoms with Crippen molar-refractivity contribution in [3.63, 3.8) is 0 Å². The molecule has 1 aromatic heterocycles. The van der Waals surface area contributed by atoms with Crippen LogP contribution in [0, 0.1) is 17.3 Å². The molecule has 0 spiro atoms. The Morgan fingerprint density at radius 3 is 2.94 bits per heavy atom. The van der Waals surface area contributed by atoms with Crippen LogP contribution in [0.3, 0.4) is 0 Å². The number of aliphatic hydroxyl groups is 1. The first-order valence-corrected chi connectivity index (χ1v) is 10.0. The van der Waals surface area contributed by atoms with Crippen molar-refractivity contribution in [3.05, 3.63) is 41.6 Å². The first kappa shape index (κ1) is 20.8. The van der Waals surface area contributed by atoms with Crippen molar-refractivity contribution in [2.75, 3.05) is 31.7 Å². The van der Waals surface area contributed by atoms with E-state index in [2.05, 4.69) is 32.4 Å². The van der Waals surface area contributed by atoms with Gasteiger partial charge in [0.05, 0.1) is 19.3 Å². The summed E-state index contributed by atoms with van der Waals surface area (Å²) in [5.74, 6) is 5.82. The number of benzene rings is 1. The van der Waals surface area contributed by atoms with Gasteiger partial charge in [-0.3, -0.25) is 9.59 Å². The molecule has 2 fully saturated rings. The summed E-state index contributed by atoms with van der Waals surface area (Å²) in [6.45, 7) is 1.39. The highest BCUT2D eigenvalue weighted by molar-refractivity contribution is 5.92. The number of carbonyl (C=O) groups excluding carboxylic acids is 2. The number of rotatable bonds is 5. The Hall–Kier alpha value is -3.48.